The van der Waals surface area contributed by atoms with Crippen LogP contribution in [0.25, 0.3) is 10.9 Å². The van der Waals surface area contributed by atoms with E-state index in [2.05, 4.69) is 29.4 Å². The van der Waals surface area contributed by atoms with Crippen LogP contribution >= 0.6 is 11.6 Å². The number of carbonyl (C=O) groups is 1. The smallest absolute Gasteiger partial charge is 0.354 e. The molecule has 2 heterocycles. The first-order valence-electron chi connectivity index (χ1n) is 11.2. The number of aliphatic hydroxyl groups is 1. The zero-order valence-corrected chi connectivity index (χ0v) is 20.0. The van der Waals surface area contributed by atoms with E-state index in [9.17, 15) is 9.90 Å². The fourth-order valence-electron chi connectivity index (χ4n) is 4.13. The molecule has 0 aliphatic rings. The van der Waals surface area contributed by atoms with Crippen LogP contribution in [0.15, 0.2) is 73.1 Å². The van der Waals surface area contributed by atoms with E-state index in [1.54, 1.807) is 24.5 Å². The van der Waals surface area contributed by atoms with Gasteiger partial charge in [0.05, 0.1) is 13.2 Å². The lowest BCUT2D eigenvalue weighted by Crippen LogP contribution is -2.32. The summed E-state index contributed by atoms with van der Waals surface area (Å²) < 4.78 is 7.00. The number of ether oxygens (including phenoxy) is 1. The minimum atomic E-state index is -0.631. The Labute approximate surface area is 204 Å². The van der Waals surface area contributed by atoms with Gasteiger partial charge in [-0.3, -0.25) is 4.98 Å². The number of nitrogens with zero attached hydrogens (tertiary/aromatic N) is 2. The summed E-state index contributed by atoms with van der Waals surface area (Å²) in [6, 6.07) is 19.4. The number of rotatable bonds is 9. The van der Waals surface area contributed by atoms with Gasteiger partial charge in [-0.15, -0.1) is 0 Å². The molecule has 0 aliphatic carbocycles. The van der Waals surface area contributed by atoms with Crippen LogP contribution in [-0.4, -0.2) is 40.3 Å². The fourth-order valence-corrected chi connectivity index (χ4v) is 4.33. The predicted molar refractivity (Wildman–Crippen MR) is 134 cm³/mol. The molecule has 4 aromatic rings. The maximum Gasteiger partial charge on any atom is 0.354 e. The highest BCUT2D eigenvalue weighted by molar-refractivity contribution is 6.30. The van der Waals surface area contributed by atoms with E-state index in [1.165, 1.54) is 7.11 Å². The van der Waals surface area contributed by atoms with E-state index in [0.717, 1.165) is 34.0 Å². The molecule has 2 N–H and O–H groups in total. The summed E-state index contributed by atoms with van der Waals surface area (Å²) in [5.41, 5.74) is 4.47. The lowest BCUT2D eigenvalue weighted by atomic mass is 10.0. The number of nitrogens with one attached hydrogen (secondary N) is 1. The normalized spacial score (nSPS) is 13.1. The van der Waals surface area contributed by atoms with Gasteiger partial charge in [0.1, 0.15) is 5.69 Å². The van der Waals surface area contributed by atoms with E-state index in [1.807, 2.05) is 41.0 Å². The first-order chi connectivity index (χ1) is 16.4. The van der Waals surface area contributed by atoms with Crippen molar-refractivity contribution in [3.8, 4) is 0 Å². The van der Waals surface area contributed by atoms with Crippen LogP contribution in [0.2, 0.25) is 5.02 Å². The molecule has 2 aromatic heterocycles. The number of pyridine rings is 1. The van der Waals surface area contributed by atoms with Gasteiger partial charge in [-0.25, -0.2) is 4.79 Å². The molecule has 2 aromatic carbocycles. The second-order valence-electron chi connectivity index (χ2n) is 8.44. The first-order valence-corrected chi connectivity index (χ1v) is 11.6. The lowest BCUT2D eigenvalue weighted by molar-refractivity contribution is 0.0589. The summed E-state index contributed by atoms with van der Waals surface area (Å²) in [5.74, 6) is -0.364. The van der Waals surface area contributed by atoms with Gasteiger partial charge >= 0.3 is 5.97 Å². The zero-order chi connectivity index (χ0) is 24.1. The van der Waals surface area contributed by atoms with Gasteiger partial charge in [0.2, 0.25) is 0 Å². The zero-order valence-electron chi connectivity index (χ0n) is 19.2. The van der Waals surface area contributed by atoms with Crippen LogP contribution in [0.1, 0.15) is 40.2 Å². The molecule has 2 atom stereocenters. The molecule has 0 aliphatic heterocycles. The van der Waals surface area contributed by atoms with E-state index in [4.69, 9.17) is 16.3 Å². The van der Waals surface area contributed by atoms with E-state index in [0.29, 0.717) is 23.8 Å². The summed E-state index contributed by atoms with van der Waals surface area (Å²) in [4.78, 5) is 16.5. The molecule has 0 unspecified atom stereocenters. The van der Waals surface area contributed by atoms with Crippen molar-refractivity contribution in [3.05, 3.63) is 100 Å². The van der Waals surface area contributed by atoms with Crippen molar-refractivity contribution >= 4 is 28.5 Å². The van der Waals surface area contributed by atoms with Crippen LogP contribution in [0, 0.1) is 0 Å². The third kappa shape index (κ3) is 5.65. The molecule has 6 nitrogen and oxygen atoms in total. The number of methoxy groups -OCH3 is 1. The van der Waals surface area contributed by atoms with Crippen molar-refractivity contribution in [1.82, 2.24) is 14.9 Å². The molecule has 34 heavy (non-hydrogen) atoms. The number of aliphatic hydroxyl groups excluding tert-OH is 1. The molecule has 0 radical (unpaired) electrons. The number of hydrogen-bond acceptors (Lipinski definition) is 5. The summed E-state index contributed by atoms with van der Waals surface area (Å²) >= 11 is 6.03. The Balaban J connectivity index is 1.48. The molecule has 0 saturated heterocycles. The number of halogens is 1. The Bertz CT molecular complexity index is 1270. The second-order valence-corrected chi connectivity index (χ2v) is 8.88. The van der Waals surface area contributed by atoms with Gasteiger partial charge in [0.25, 0.3) is 0 Å². The van der Waals surface area contributed by atoms with Gasteiger partial charge in [-0.2, -0.15) is 0 Å². The van der Waals surface area contributed by atoms with Crippen molar-refractivity contribution in [2.45, 2.75) is 32.0 Å². The SMILES string of the molecule is COC(=O)c1cc2cc(C[C@@H](C)NC[C@H](O)c3cccc(Cl)c3)ccc2n1Cc1ccncc1. The molecule has 0 amide bonds. The minimum absolute atomic E-state index is 0.144. The first kappa shape index (κ1) is 24.0. The largest absolute Gasteiger partial charge is 0.464 e. The third-order valence-corrected chi connectivity index (χ3v) is 6.12. The second kappa shape index (κ2) is 10.8. The number of hydrogen-bond donors (Lipinski definition) is 2. The average Bonchev–Trinajstić information content (AvgIpc) is 3.20. The van der Waals surface area contributed by atoms with Crippen molar-refractivity contribution in [3.63, 3.8) is 0 Å². The van der Waals surface area contributed by atoms with Crippen LogP contribution in [-0.2, 0) is 17.7 Å². The Kier molecular flexibility index (Phi) is 7.63. The van der Waals surface area contributed by atoms with Crippen LogP contribution in [0.4, 0.5) is 0 Å². The highest BCUT2D eigenvalue weighted by Gasteiger charge is 2.17. The van der Waals surface area contributed by atoms with E-state index >= 15 is 0 Å². The molecule has 0 spiro atoms. The van der Waals surface area contributed by atoms with Crippen molar-refractivity contribution in [2.24, 2.45) is 0 Å². The van der Waals surface area contributed by atoms with E-state index in [-0.39, 0.29) is 12.0 Å². The number of fused-ring (bicyclic) bond motifs is 1. The van der Waals surface area contributed by atoms with Gasteiger partial charge in [-0.1, -0.05) is 29.8 Å². The quantitative estimate of drug-likeness (QED) is 0.339. The molecule has 4 rings (SSSR count). The monoisotopic (exact) mass is 477 g/mol. The van der Waals surface area contributed by atoms with Crippen molar-refractivity contribution in [2.75, 3.05) is 13.7 Å². The van der Waals surface area contributed by atoms with Crippen LogP contribution in [0.5, 0.6) is 0 Å². The minimum Gasteiger partial charge on any atom is -0.464 e. The molecule has 0 saturated carbocycles. The third-order valence-electron chi connectivity index (χ3n) is 5.89. The topological polar surface area (TPSA) is 76.4 Å². The lowest BCUT2D eigenvalue weighted by Gasteiger charge is -2.18. The van der Waals surface area contributed by atoms with Crippen LogP contribution < -0.4 is 5.32 Å². The van der Waals surface area contributed by atoms with Gasteiger partial charge in [0, 0.05) is 47.5 Å². The predicted octanol–water partition coefficient (Wildman–Crippen LogP) is 4.78. The summed E-state index contributed by atoms with van der Waals surface area (Å²) in [7, 11) is 1.40. The standard InChI is InChI=1S/C27H28ClN3O3/c1-18(30-16-26(32)21-4-3-5-23(28)14-21)12-20-6-7-24-22(13-20)15-25(27(33)34-2)31(24)17-19-8-10-29-11-9-19/h3-11,13-15,18,26,30,32H,12,16-17H2,1-2H3/t18-,26+/m1/s1. The molecule has 0 bridgehead atoms. The summed E-state index contributed by atoms with van der Waals surface area (Å²) in [6.45, 7) is 3.07. The van der Waals surface area contributed by atoms with E-state index < -0.39 is 6.10 Å². The molecule has 176 valence electrons. The van der Waals surface area contributed by atoms with Gasteiger partial charge in [-0.05, 0) is 72.5 Å². The number of carbonyl (C=O) groups excluding carboxylic acids is 1. The summed E-state index contributed by atoms with van der Waals surface area (Å²) in [6.07, 6.45) is 3.64. The fraction of sp³-hybridized carbons (Fsp3) is 0.259. The maximum atomic E-state index is 12.4. The molecular weight excluding hydrogens is 450 g/mol. The van der Waals surface area contributed by atoms with Gasteiger partial charge < -0.3 is 19.7 Å². The summed E-state index contributed by atoms with van der Waals surface area (Å²) in [5, 5.41) is 15.5. The Morgan fingerprint density at radius 2 is 1.91 bits per heavy atom. The van der Waals surface area contributed by atoms with Crippen molar-refractivity contribution < 1.29 is 14.6 Å². The van der Waals surface area contributed by atoms with Crippen molar-refractivity contribution in [1.29, 1.82) is 0 Å². The van der Waals surface area contributed by atoms with Crippen LogP contribution in [0.3, 0.4) is 0 Å². The molecule has 7 heteroatoms. The Morgan fingerprint density at radius 1 is 1.12 bits per heavy atom. The number of esters is 1. The highest BCUT2D eigenvalue weighted by atomic mass is 35.5. The Hall–Kier alpha value is -3.19. The maximum absolute atomic E-state index is 12.4. The Morgan fingerprint density at radius 3 is 2.65 bits per heavy atom. The molecular formula is C27H28ClN3O3. The average molecular weight is 478 g/mol. The van der Waals surface area contributed by atoms with Gasteiger partial charge in [0.15, 0.2) is 0 Å². The number of aromatic nitrogens is 2. The number of benzene rings is 2. The molecule has 0 fully saturated rings. The highest BCUT2D eigenvalue weighted by Crippen LogP contribution is 2.24.